The number of rotatable bonds is 3. The Bertz CT molecular complexity index is 1250. The topological polar surface area (TPSA) is 64.2 Å². The minimum Gasteiger partial charge on any atom is -0.355 e. The van der Waals surface area contributed by atoms with E-state index >= 15 is 0 Å². The van der Waals surface area contributed by atoms with Crippen molar-refractivity contribution < 1.29 is 18.1 Å². The molecule has 1 atom stereocenters. The van der Waals surface area contributed by atoms with Gasteiger partial charge in [-0.05, 0) is 34.7 Å². The van der Waals surface area contributed by atoms with E-state index in [4.69, 9.17) is 4.52 Å². The van der Waals surface area contributed by atoms with E-state index in [1.807, 2.05) is 24.8 Å². The summed E-state index contributed by atoms with van der Waals surface area (Å²) in [6.45, 7) is 0.942. The molecular formula is C21H16F2N4O2S. The lowest BCUT2D eigenvalue weighted by atomic mass is 9.90. The van der Waals surface area contributed by atoms with Gasteiger partial charge in [-0.2, -0.15) is 5.10 Å². The quantitative estimate of drug-likeness (QED) is 0.493. The fourth-order valence-corrected chi connectivity index (χ4v) is 4.72. The van der Waals surface area contributed by atoms with Crippen molar-refractivity contribution >= 4 is 17.2 Å². The molecule has 0 aliphatic carbocycles. The third-order valence-electron chi connectivity index (χ3n) is 5.23. The molecule has 9 heteroatoms. The number of benzene rings is 1. The SMILES string of the molecule is Cn1cc([C@H]2CN(C(=O)c3cc(-c4ccc(F)cc4F)on3)Cc3sccc32)cn1. The van der Waals surface area contributed by atoms with Crippen LogP contribution in [0.4, 0.5) is 8.78 Å². The van der Waals surface area contributed by atoms with Crippen LogP contribution in [0.1, 0.15) is 32.4 Å². The first kappa shape index (κ1) is 18.7. The summed E-state index contributed by atoms with van der Waals surface area (Å²) in [5.41, 5.74) is 2.36. The fraction of sp³-hybridized carbons (Fsp3) is 0.190. The van der Waals surface area contributed by atoms with Gasteiger partial charge in [0, 0.05) is 42.7 Å². The summed E-state index contributed by atoms with van der Waals surface area (Å²) in [7, 11) is 1.86. The molecule has 1 aromatic carbocycles. The molecule has 0 saturated carbocycles. The van der Waals surface area contributed by atoms with Crippen LogP contribution in [0.5, 0.6) is 0 Å². The van der Waals surface area contributed by atoms with Crippen molar-refractivity contribution in [2.45, 2.75) is 12.5 Å². The summed E-state index contributed by atoms with van der Waals surface area (Å²) in [4.78, 5) is 15.9. The second-order valence-electron chi connectivity index (χ2n) is 7.19. The average Bonchev–Trinajstić information content (AvgIpc) is 3.47. The molecule has 0 saturated heterocycles. The zero-order chi connectivity index (χ0) is 20.8. The number of thiophene rings is 1. The number of aromatic nitrogens is 3. The molecule has 0 fully saturated rings. The Morgan fingerprint density at radius 1 is 1.27 bits per heavy atom. The minimum absolute atomic E-state index is 0.0126. The molecule has 152 valence electrons. The van der Waals surface area contributed by atoms with Crippen LogP contribution in [-0.2, 0) is 13.6 Å². The molecule has 0 spiro atoms. The smallest absolute Gasteiger partial charge is 0.276 e. The Kier molecular flexibility index (Phi) is 4.47. The average molecular weight is 426 g/mol. The number of nitrogens with zero attached hydrogens (tertiary/aromatic N) is 4. The van der Waals surface area contributed by atoms with E-state index in [0.717, 1.165) is 22.6 Å². The van der Waals surface area contributed by atoms with Crippen molar-refractivity contribution in [2.24, 2.45) is 7.05 Å². The number of halogens is 2. The number of aryl methyl sites for hydroxylation is 1. The second kappa shape index (κ2) is 7.17. The standard InChI is InChI=1S/C21H16F2N4O2S/c1-26-9-12(8-24-26)16-10-27(11-20-14(16)4-5-30-20)21(28)18-7-19(29-25-18)15-3-2-13(22)6-17(15)23/h2-9,16H,10-11H2,1H3/t16-/m1/s1. The number of amides is 1. The third-order valence-corrected chi connectivity index (χ3v) is 6.15. The van der Waals surface area contributed by atoms with Crippen molar-refractivity contribution in [3.63, 3.8) is 0 Å². The Morgan fingerprint density at radius 2 is 2.13 bits per heavy atom. The summed E-state index contributed by atoms with van der Waals surface area (Å²) < 4.78 is 34.1. The van der Waals surface area contributed by atoms with E-state index in [2.05, 4.69) is 16.3 Å². The maximum Gasteiger partial charge on any atom is 0.276 e. The molecule has 1 aliphatic heterocycles. The lowest BCUT2D eigenvalue weighted by Crippen LogP contribution is -2.38. The second-order valence-corrected chi connectivity index (χ2v) is 8.19. The zero-order valence-electron chi connectivity index (χ0n) is 15.9. The predicted octanol–water partition coefficient (Wildman–Crippen LogP) is 4.20. The van der Waals surface area contributed by atoms with Crippen LogP contribution in [0.3, 0.4) is 0 Å². The molecule has 0 bridgehead atoms. The van der Waals surface area contributed by atoms with Crippen molar-refractivity contribution in [3.8, 4) is 11.3 Å². The Morgan fingerprint density at radius 3 is 2.90 bits per heavy atom. The molecule has 4 heterocycles. The van der Waals surface area contributed by atoms with Crippen molar-refractivity contribution in [1.82, 2.24) is 19.8 Å². The molecular weight excluding hydrogens is 410 g/mol. The molecule has 30 heavy (non-hydrogen) atoms. The minimum atomic E-state index is -0.775. The van der Waals surface area contributed by atoms with Gasteiger partial charge < -0.3 is 9.42 Å². The van der Waals surface area contributed by atoms with Crippen LogP contribution < -0.4 is 0 Å². The van der Waals surface area contributed by atoms with Gasteiger partial charge in [0.15, 0.2) is 11.5 Å². The van der Waals surface area contributed by atoms with Gasteiger partial charge in [0.1, 0.15) is 11.6 Å². The highest BCUT2D eigenvalue weighted by Crippen LogP contribution is 2.37. The van der Waals surface area contributed by atoms with E-state index < -0.39 is 11.6 Å². The largest absolute Gasteiger partial charge is 0.355 e. The first-order valence-corrected chi connectivity index (χ1v) is 10.1. The molecule has 0 unspecified atom stereocenters. The molecule has 5 rings (SSSR count). The van der Waals surface area contributed by atoms with Crippen LogP contribution in [0.15, 0.2) is 52.6 Å². The monoisotopic (exact) mass is 426 g/mol. The summed E-state index contributed by atoms with van der Waals surface area (Å²) >= 11 is 1.60. The van der Waals surface area contributed by atoms with Crippen molar-refractivity contribution in [2.75, 3.05) is 6.54 Å². The molecule has 1 amide bonds. The van der Waals surface area contributed by atoms with Gasteiger partial charge >= 0.3 is 0 Å². The summed E-state index contributed by atoms with van der Waals surface area (Å²) in [5.74, 6) is -1.68. The van der Waals surface area contributed by atoms with Gasteiger partial charge in [-0.15, -0.1) is 11.3 Å². The van der Waals surface area contributed by atoms with Gasteiger partial charge in [-0.3, -0.25) is 9.48 Å². The van der Waals surface area contributed by atoms with Crippen LogP contribution in [0, 0.1) is 11.6 Å². The molecule has 3 aromatic heterocycles. The van der Waals surface area contributed by atoms with Gasteiger partial charge in [0.25, 0.3) is 5.91 Å². The zero-order valence-corrected chi connectivity index (χ0v) is 16.7. The third kappa shape index (κ3) is 3.21. The van der Waals surface area contributed by atoms with Crippen LogP contribution in [0.25, 0.3) is 11.3 Å². The Balaban J connectivity index is 1.44. The van der Waals surface area contributed by atoms with E-state index in [0.29, 0.717) is 13.1 Å². The van der Waals surface area contributed by atoms with Crippen LogP contribution >= 0.6 is 11.3 Å². The molecule has 4 aromatic rings. The van der Waals surface area contributed by atoms with Gasteiger partial charge in [0.05, 0.1) is 18.3 Å². The lowest BCUT2D eigenvalue weighted by molar-refractivity contribution is 0.0717. The van der Waals surface area contributed by atoms with E-state index in [9.17, 15) is 13.6 Å². The number of hydrogen-bond donors (Lipinski definition) is 0. The number of carbonyl (C=O) groups is 1. The van der Waals surface area contributed by atoms with Gasteiger partial charge in [0.2, 0.25) is 0 Å². The highest BCUT2D eigenvalue weighted by Gasteiger charge is 2.32. The molecule has 6 nitrogen and oxygen atoms in total. The number of carbonyl (C=O) groups excluding carboxylic acids is 1. The van der Waals surface area contributed by atoms with Gasteiger partial charge in [-0.1, -0.05) is 5.16 Å². The van der Waals surface area contributed by atoms with Gasteiger partial charge in [-0.25, -0.2) is 8.78 Å². The van der Waals surface area contributed by atoms with Crippen molar-refractivity contribution in [3.05, 3.63) is 81.4 Å². The summed E-state index contributed by atoms with van der Waals surface area (Å²) in [6, 6.07) is 6.63. The highest BCUT2D eigenvalue weighted by molar-refractivity contribution is 7.10. The molecule has 0 radical (unpaired) electrons. The maximum atomic E-state index is 14.0. The van der Waals surface area contributed by atoms with Crippen molar-refractivity contribution in [1.29, 1.82) is 0 Å². The molecule has 0 N–H and O–H groups in total. The molecule has 1 aliphatic rings. The number of fused-ring (bicyclic) bond motifs is 1. The Labute approximate surface area is 174 Å². The predicted molar refractivity (Wildman–Crippen MR) is 106 cm³/mol. The van der Waals surface area contributed by atoms with E-state index in [1.165, 1.54) is 17.7 Å². The fourth-order valence-electron chi connectivity index (χ4n) is 3.76. The van der Waals surface area contributed by atoms with E-state index in [1.54, 1.807) is 20.9 Å². The highest BCUT2D eigenvalue weighted by atomic mass is 32.1. The first-order valence-electron chi connectivity index (χ1n) is 9.26. The van der Waals surface area contributed by atoms with Crippen LogP contribution in [0.2, 0.25) is 0 Å². The first-order chi connectivity index (χ1) is 14.5. The summed E-state index contributed by atoms with van der Waals surface area (Å²) in [5, 5.41) is 10.1. The normalized spacial score (nSPS) is 16.0. The van der Waals surface area contributed by atoms with Crippen LogP contribution in [-0.4, -0.2) is 32.3 Å². The van der Waals surface area contributed by atoms with E-state index in [-0.39, 0.29) is 28.8 Å². The number of hydrogen-bond acceptors (Lipinski definition) is 5. The maximum absolute atomic E-state index is 14.0. The Hall–Kier alpha value is -3.33. The summed E-state index contributed by atoms with van der Waals surface area (Å²) in [6.07, 6.45) is 3.76. The lowest BCUT2D eigenvalue weighted by Gasteiger charge is -2.32.